The van der Waals surface area contributed by atoms with Crippen LogP contribution in [0.3, 0.4) is 0 Å². The number of aromatic nitrogens is 1. The molecule has 0 fully saturated rings. The van der Waals surface area contributed by atoms with Crippen molar-refractivity contribution in [2.45, 2.75) is 13.5 Å². The van der Waals surface area contributed by atoms with Crippen LogP contribution in [0, 0.1) is 6.92 Å². The molecular weight excluding hydrogens is 238 g/mol. The van der Waals surface area contributed by atoms with Gasteiger partial charge in [-0.1, -0.05) is 0 Å². The average molecular weight is 257 g/mol. The van der Waals surface area contributed by atoms with Gasteiger partial charge in [0.1, 0.15) is 5.75 Å². The molecule has 100 valence electrons. The molecule has 0 aliphatic rings. The maximum Gasteiger partial charge on any atom is 0.119 e. The quantitative estimate of drug-likeness (QED) is 0.914. The first kappa shape index (κ1) is 13.4. The number of methoxy groups -OCH3 is 1. The van der Waals surface area contributed by atoms with Gasteiger partial charge < -0.3 is 15.4 Å². The molecule has 0 spiro atoms. The van der Waals surface area contributed by atoms with Gasteiger partial charge in [0.2, 0.25) is 0 Å². The third-order valence-corrected chi connectivity index (χ3v) is 3.14. The highest BCUT2D eigenvalue weighted by Gasteiger charge is 2.09. The first-order chi connectivity index (χ1) is 9.15. The molecule has 4 nitrogen and oxygen atoms in total. The third-order valence-electron chi connectivity index (χ3n) is 3.14. The van der Waals surface area contributed by atoms with E-state index < -0.39 is 0 Å². The molecule has 0 unspecified atom stereocenters. The molecule has 0 saturated carbocycles. The molecule has 1 aromatic carbocycles. The smallest absolute Gasteiger partial charge is 0.119 e. The van der Waals surface area contributed by atoms with Gasteiger partial charge in [0.15, 0.2) is 0 Å². The topological polar surface area (TPSA) is 51.4 Å². The Balaban J connectivity index is 2.36. The standard InChI is InChI=1S/C15H19N3O/c1-11-8-15(12(9-16)10-17-11)18(2)13-4-6-14(19-3)7-5-13/h4-8,10H,9,16H2,1-3H3. The number of rotatable bonds is 4. The lowest BCUT2D eigenvalue weighted by molar-refractivity contribution is 0.415. The molecule has 2 aromatic rings. The summed E-state index contributed by atoms with van der Waals surface area (Å²) >= 11 is 0. The number of nitrogens with zero attached hydrogens (tertiary/aromatic N) is 2. The van der Waals surface area contributed by atoms with Crippen LogP contribution >= 0.6 is 0 Å². The predicted octanol–water partition coefficient (Wildman–Crippen LogP) is 2.63. The maximum absolute atomic E-state index is 5.78. The van der Waals surface area contributed by atoms with Crippen LogP contribution < -0.4 is 15.4 Å². The number of nitrogens with two attached hydrogens (primary N) is 1. The van der Waals surface area contributed by atoms with Crippen molar-refractivity contribution in [3.8, 4) is 5.75 Å². The minimum absolute atomic E-state index is 0.475. The number of anilines is 2. The van der Waals surface area contributed by atoms with Gasteiger partial charge in [0, 0.05) is 42.4 Å². The molecular formula is C15H19N3O. The van der Waals surface area contributed by atoms with Crippen molar-refractivity contribution in [3.63, 3.8) is 0 Å². The average Bonchev–Trinajstić information content (AvgIpc) is 2.46. The molecule has 0 amide bonds. The second kappa shape index (κ2) is 5.71. The molecule has 0 aliphatic carbocycles. The van der Waals surface area contributed by atoms with E-state index in [-0.39, 0.29) is 0 Å². The van der Waals surface area contributed by atoms with Crippen molar-refractivity contribution >= 4 is 11.4 Å². The molecule has 1 aromatic heterocycles. The Morgan fingerprint density at radius 2 is 1.95 bits per heavy atom. The summed E-state index contributed by atoms with van der Waals surface area (Å²) in [6.45, 7) is 2.45. The van der Waals surface area contributed by atoms with Crippen LogP contribution in [0.25, 0.3) is 0 Å². The zero-order valence-electron chi connectivity index (χ0n) is 11.6. The summed E-state index contributed by atoms with van der Waals surface area (Å²) in [5.74, 6) is 0.849. The number of hydrogen-bond donors (Lipinski definition) is 1. The predicted molar refractivity (Wildman–Crippen MR) is 77.9 cm³/mol. The highest BCUT2D eigenvalue weighted by Crippen LogP contribution is 2.28. The fraction of sp³-hybridized carbons (Fsp3) is 0.267. The Hall–Kier alpha value is -2.07. The van der Waals surface area contributed by atoms with Gasteiger partial charge in [-0.25, -0.2) is 0 Å². The highest BCUT2D eigenvalue weighted by molar-refractivity contribution is 5.66. The molecule has 19 heavy (non-hydrogen) atoms. The van der Waals surface area contributed by atoms with Gasteiger partial charge in [0.25, 0.3) is 0 Å². The third kappa shape index (κ3) is 2.85. The van der Waals surface area contributed by atoms with E-state index in [2.05, 4.69) is 9.88 Å². The van der Waals surface area contributed by atoms with Crippen molar-refractivity contribution < 1.29 is 4.74 Å². The van der Waals surface area contributed by atoms with Gasteiger partial charge in [0.05, 0.1) is 7.11 Å². The first-order valence-corrected chi connectivity index (χ1v) is 6.19. The molecule has 0 saturated heterocycles. The molecule has 1 heterocycles. The maximum atomic E-state index is 5.78. The zero-order valence-corrected chi connectivity index (χ0v) is 11.6. The Bertz CT molecular complexity index is 552. The minimum atomic E-state index is 0.475. The van der Waals surface area contributed by atoms with Crippen LogP contribution in [0.15, 0.2) is 36.5 Å². The van der Waals surface area contributed by atoms with Crippen LogP contribution in [-0.2, 0) is 6.54 Å². The van der Waals surface area contributed by atoms with E-state index in [0.717, 1.165) is 28.4 Å². The summed E-state index contributed by atoms with van der Waals surface area (Å²) in [6.07, 6.45) is 1.84. The first-order valence-electron chi connectivity index (χ1n) is 6.19. The molecule has 0 radical (unpaired) electrons. The van der Waals surface area contributed by atoms with Crippen LogP contribution in [0.4, 0.5) is 11.4 Å². The van der Waals surface area contributed by atoms with Crippen molar-refractivity contribution in [1.82, 2.24) is 4.98 Å². The van der Waals surface area contributed by atoms with Crippen LogP contribution in [0.1, 0.15) is 11.3 Å². The Morgan fingerprint density at radius 3 is 2.53 bits per heavy atom. The van der Waals surface area contributed by atoms with Gasteiger partial charge in [-0.05, 0) is 37.3 Å². The van der Waals surface area contributed by atoms with Crippen molar-refractivity contribution in [3.05, 3.63) is 47.8 Å². The van der Waals surface area contributed by atoms with Crippen LogP contribution in [0.5, 0.6) is 5.75 Å². The van der Waals surface area contributed by atoms with E-state index in [4.69, 9.17) is 10.5 Å². The fourth-order valence-corrected chi connectivity index (χ4v) is 1.99. The van der Waals surface area contributed by atoms with Gasteiger partial charge in [-0.3, -0.25) is 4.98 Å². The largest absolute Gasteiger partial charge is 0.497 e. The molecule has 2 rings (SSSR count). The number of pyridine rings is 1. The highest BCUT2D eigenvalue weighted by atomic mass is 16.5. The van der Waals surface area contributed by atoms with Gasteiger partial charge in [-0.15, -0.1) is 0 Å². The lowest BCUT2D eigenvalue weighted by atomic mass is 10.1. The van der Waals surface area contributed by atoms with Gasteiger partial charge >= 0.3 is 0 Å². The molecule has 2 N–H and O–H groups in total. The number of benzene rings is 1. The summed E-state index contributed by atoms with van der Waals surface area (Å²) in [5.41, 5.74) is 9.95. The minimum Gasteiger partial charge on any atom is -0.497 e. The Morgan fingerprint density at radius 1 is 1.26 bits per heavy atom. The van der Waals surface area contributed by atoms with E-state index >= 15 is 0 Å². The SMILES string of the molecule is COc1ccc(N(C)c2cc(C)ncc2CN)cc1. The van der Waals surface area contributed by atoms with Crippen molar-refractivity contribution in [1.29, 1.82) is 0 Å². The lowest BCUT2D eigenvalue weighted by Gasteiger charge is -2.22. The molecule has 4 heteroatoms. The van der Waals surface area contributed by atoms with E-state index in [1.807, 2.05) is 50.5 Å². The monoisotopic (exact) mass is 257 g/mol. The summed E-state index contributed by atoms with van der Waals surface area (Å²) < 4.78 is 5.17. The van der Waals surface area contributed by atoms with Crippen LogP contribution in [0.2, 0.25) is 0 Å². The van der Waals surface area contributed by atoms with Gasteiger partial charge in [-0.2, -0.15) is 0 Å². The number of hydrogen-bond acceptors (Lipinski definition) is 4. The lowest BCUT2D eigenvalue weighted by Crippen LogP contribution is -2.14. The molecule has 0 atom stereocenters. The number of ether oxygens (including phenoxy) is 1. The normalized spacial score (nSPS) is 10.3. The summed E-state index contributed by atoms with van der Waals surface area (Å²) in [7, 11) is 3.69. The second-order valence-electron chi connectivity index (χ2n) is 4.42. The molecule has 0 bridgehead atoms. The van der Waals surface area contributed by atoms with Crippen molar-refractivity contribution in [2.24, 2.45) is 5.73 Å². The van der Waals surface area contributed by atoms with E-state index in [1.54, 1.807) is 7.11 Å². The Kier molecular flexibility index (Phi) is 4.02. The molecule has 0 aliphatic heterocycles. The summed E-state index contributed by atoms with van der Waals surface area (Å²) in [4.78, 5) is 6.39. The number of aryl methyl sites for hydroxylation is 1. The fourth-order valence-electron chi connectivity index (χ4n) is 1.99. The van der Waals surface area contributed by atoms with E-state index in [9.17, 15) is 0 Å². The van der Waals surface area contributed by atoms with E-state index in [0.29, 0.717) is 6.54 Å². The second-order valence-corrected chi connectivity index (χ2v) is 4.42. The zero-order chi connectivity index (χ0) is 13.8. The Labute approximate surface area is 113 Å². The van der Waals surface area contributed by atoms with Crippen LogP contribution in [-0.4, -0.2) is 19.1 Å². The van der Waals surface area contributed by atoms with E-state index in [1.165, 1.54) is 0 Å². The van der Waals surface area contributed by atoms with Crippen molar-refractivity contribution in [2.75, 3.05) is 19.1 Å². The summed E-state index contributed by atoms with van der Waals surface area (Å²) in [5, 5.41) is 0. The summed E-state index contributed by atoms with van der Waals surface area (Å²) in [6, 6.07) is 9.99.